The first-order valence-corrected chi connectivity index (χ1v) is 11.4. The van der Waals surface area contributed by atoms with E-state index in [1.807, 2.05) is 44.2 Å². The zero-order chi connectivity index (χ0) is 20.6. The van der Waals surface area contributed by atoms with Gasteiger partial charge in [0.2, 0.25) is 16.9 Å². The zero-order valence-corrected chi connectivity index (χ0v) is 18.0. The summed E-state index contributed by atoms with van der Waals surface area (Å²) in [5.41, 5.74) is 0.962. The largest absolute Gasteiger partial charge is 0.344 e. The average Bonchev–Trinajstić information content (AvgIpc) is 3.42. The van der Waals surface area contributed by atoms with Crippen LogP contribution in [0.25, 0.3) is 10.6 Å². The maximum absolute atomic E-state index is 12.9. The van der Waals surface area contributed by atoms with Crippen molar-refractivity contribution in [2.24, 2.45) is 11.8 Å². The molecule has 0 unspecified atom stereocenters. The fraction of sp³-hybridized carbons (Fsp3) is 0.545. The average molecular weight is 415 g/mol. The first-order chi connectivity index (χ1) is 14.1. The highest BCUT2D eigenvalue weighted by Crippen LogP contribution is 2.29. The number of rotatable bonds is 9. The SMILES string of the molecule is CC[C@H](C)[C@@H](NC(=O)CCC1CCCC1)C(=O)Nc1nnc(-c2ccccc2)s1. The number of carbonyl (C=O) groups is 2. The zero-order valence-electron chi connectivity index (χ0n) is 17.2. The lowest BCUT2D eigenvalue weighted by Crippen LogP contribution is -2.47. The lowest BCUT2D eigenvalue weighted by molar-refractivity contribution is -0.127. The molecule has 1 heterocycles. The highest BCUT2D eigenvalue weighted by molar-refractivity contribution is 7.18. The van der Waals surface area contributed by atoms with Gasteiger partial charge in [0, 0.05) is 12.0 Å². The van der Waals surface area contributed by atoms with Crippen molar-refractivity contribution >= 4 is 28.3 Å². The third-order valence-corrected chi connectivity index (χ3v) is 6.63. The number of aromatic nitrogens is 2. The molecule has 0 saturated heterocycles. The van der Waals surface area contributed by atoms with Crippen LogP contribution in [0.3, 0.4) is 0 Å². The number of anilines is 1. The molecule has 0 aliphatic heterocycles. The van der Waals surface area contributed by atoms with Crippen LogP contribution in [0.5, 0.6) is 0 Å². The van der Waals surface area contributed by atoms with E-state index in [-0.39, 0.29) is 17.7 Å². The first kappa shape index (κ1) is 21.4. The normalized spacial score (nSPS) is 16.3. The minimum absolute atomic E-state index is 0.0342. The molecule has 2 N–H and O–H groups in total. The molecule has 2 atom stereocenters. The Morgan fingerprint density at radius 3 is 2.59 bits per heavy atom. The number of benzene rings is 1. The molecule has 1 saturated carbocycles. The second-order valence-corrected chi connectivity index (χ2v) is 8.87. The van der Waals surface area contributed by atoms with Crippen LogP contribution in [0.1, 0.15) is 58.8 Å². The second kappa shape index (κ2) is 10.5. The van der Waals surface area contributed by atoms with Crippen LogP contribution in [-0.4, -0.2) is 28.1 Å². The number of amides is 2. The summed E-state index contributed by atoms with van der Waals surface area (Å²) < 4.78 is 0. The molecule has 1 fully saturated rings. The van der Waals surface area contributed by atoms with Crippen molar-refractivity contribution in [1.82, 2.24) is 15.5 Å². The van der Waals surface area contributed by atoms with Gasteiger partial charge in [-0.25, -0.2) is 0 Å². The molecule has 3 rings (SSSR count). The maximum atomic E-state index is 12.9. The fourth-order valence-electron chi connectivity index (χ4n) is 3.74. The smallest absolute Gasteiger partial charge is 0.249 e. The molecular weight excluding hydrogens is 384 g/mol. The van der Waals surface area contributed by atoms with Gasteiger partial charge in [0.05, 0.1) is 0 Å². The van der Waals surface area contributed by atoms with Gasteiger partial charge in [-0.2, -0.15) is 0 Å². The summed E-state index contributed by atoms with van der Waals surface area (Å²) in [4.78, 5) is 25.3. The van der Waals surface area contributed by atoms with E-state index in [1.54, 1.807) is 0 Å². The molecular formula is C22H30N4O2S. The predicted molar refractivity (Wildman–Crippen MR) is 117 cm³/mol. The van der Waals surface area contributed by atoms with Crippen LogP contribution in [0.15, 0.2) is 30.3 Å². The summed E-state index contributed by atoms with van der Waals surface area (Å²) in [6, 6.07) is 9.17. The Kier molecular flexibility index (Phi) is 7.75. The first-order valence-electron chi connectivity index (χ1n) is 10.6. The quantitative estimate of drug-likeness (QED) is 0.626. The fourth-order valence-corrected chi connectivity index (χ4v) is 4.49. The third kappa shape index (κ3) is 6.10. The minimum Gasteiger partial charge on any atom is -0.344 e. The van der Waals surface area contributed by atoms with Crippen LogP contribution in [0, 0.1) is 11.8 Å². The Morgan fingerprint density at radius 2 is 1.90 bits per heavy atom. The van der Waals surface area contributed by atoms with Gasteiger partial charge in [0.1, 0.15) is 11.0 Å². The van der Waals surface area contributed by atoms with E-state index in [0.717, 1.165) is 23.4 Å². The van der Waals surface area contributed by atoms with Gasteiger partial charge >= 0.3 is 0 Å². The Hall–Kier alpha value is -2.28. The summed E-state index contributed by atoms with van der Waals surface area (Å²) in [7, 11) is 0. The molecule has 2 amide bonds. The van der Waals surface area contributed by atoms with E-state index < -0.39 is 6.04 Å². The number of hydrogen-bond donors (Lipinski definition) is 2. The number of hydrogen-bond acceptors (Lipinski definition) is 5. The van der Waals surface area contributed by atoms with Gasteiger partial charge in [-0.05, 0) is 18.3 Å². The van der Waals surface area contributed by atoms with E-state index in [2.05, 4.69) is 20.8 Å². The lowest BCUT2D eigenvalue weighted by atomic mass is 9.97. The van der Waals surface area contributed by atoms with Crippen LogP contribution in [0.2, 0.25) is 0 Å². The van der Waals surface area contributed by atoms with Gasteiger partial charge in [-0.15, -0.1) is 10.2 Å². The standard InChI is InChI=1S/C22H30N4O2S/c1-3-15(2)19(23-18(27)14-13-16-9-7-8-10-16)20(28)24-22-26-25-21(29-22)17-11-5-4-6-12-17/h4-6,11-12,15-16,19H,3,7-10,13-14H2,1-2H3,(H,23,27)(H,24,26,28)/t15-,19+/m0/s1. The highest BCUT2D eigenvalue weighted by Gasteiger charge is 2.27. The molecule has 0 radical (unpaired) electrons. The molecule has 1 aliphatic rings. The molecule has 2 aromatic rings. The molecule has 1 aromatic heterocycles. The minimum atomic E-state index is -0.569. The summed E-state index contributed by atoms with van der Waals surface area (Å²) in [6.45, 7) is 4.01. The van der Waals surface area contributed by atoms with Crippen molar-refractivity contribution in [3.8, 4) is 10.6 Å². The van der Waals surface area contributed by atoms with Gasteiger partial charge in [-0.3, -0.25) is 14.9 Å². The van der Waals surface area contributed by atoms with Gasteiger partial charge in [0.25, 0.3) is 0 Å². The molecule has 0 bridgehead atoms. The van der Waals surface area contributed by atoms with Gasteiger partial charge in [-0.1, -0.05) is 87.6 Å². The Morgan fingerprint density at radius 1 is 1.17 bits per heavy atom. The van der Waals surface area contributed by atoms with Crippen LogP contribution in [0.4, 0.5) is 5.13 Å². The van der Waals surface area contributed by atoms with Crippen LogP contribution < -0.4 is 10.6 Å². The molecule has 7 heteroatoms. The monoisotopic (exact) mass is 414 g/mol. The Bertz CT molecular complexity index is 802. The molecule has 0 spiro atoms. The van der Waals surface area contributed by atoms with E-state index >= 15 is 0 Å². The van der Waals surface area contributed by atoms with Crippen molar-refractivity contribution in [1.29, 1.82) is 0 Å². The van der Waals surface area contributed by atoms with Crippen molar-refractivity contribution in [3.05, 3.63) is 30.3 Å². The summed E-state index contributed by atoms with van der Waals surface area (Å²) in [5.74, 6) is 0.422. The van der Waals surface area contributed by atoms with Crippen LogP contribution in [-0.2, 0) is 9.59 Å². The van der Waals surface area contributed by atoms with E-state index in [0.29, 0.717) is 17.5 Å². The third-order valence-electron chi connectivity index (χ3n) is 5.74. The molecule has 156 valence electrons. The second-order valence-electron chi connectivity index (χ2n) is 7.89. The van der Waals surface area contributed by atoms with Crippen LogP contribution >= 0.6 is 11.3 Å². The Balaban J connectivity index is 1.58. The lowest BCUT2D eigenvalue weighted by Gasteiger charge is -2.23. The predicted octanol–water partition coefficient (Wildman–Crippen LogP) is 4.64. The summed E-state index contributed by atoms with van der Waals surface area (Å²) >= 11 is 1.33. The van der Waals surface area contributed by atoms with Crippen molar-refractivity contribution in [2.45, 2.75) is 64.8 Å². The number of nitrogens with zero attached hydrogens (tertiary/aromatic N) is 2. The molecule has 1 aromatic carbocycles. The number of nitrogens with one attached hydrogen (secondary N) is 2. The number of carbonyl (C=O) groups excluding carboxylic acids is 2. The van der Waals surface area contributed by atoms with Gasteiger partial charge < -0.3 is 5.32 Å². The van der Waals surface area contributed by atoms with Crippen molar-refractivity contribution in [2.75, 3.05) is 5.32 Å². The van der Waals surface area contributed by atoms with E-state index in [9.17, 15) is 9.59 Å². The van der Waals surface area contributed by atoms with Crippen molar-refractivity contribution in [3.63, 3.8) is 0 Å². The van der Waals surface area contributed by atoms with E-state index in [1.165, 1.54) is 37.0 Å². The highest BCUT2D eigenvalue weighted by atomic mass is 32.1. The van der Waals surface area contributed by atoms with Crippen molar-refractivity contribution < 1.29 is 9.59 Å². The molecule has 29 heavy (non-hydrogen) atoms. The molecule has 1 aliphatic carbocycles. The topological polar surface area (TPSA) is 84.0 Å². The summed E-state index contributed by atoms with van der Waals surface area (Å²) in [5, 5.41) is 15.3. The van der Waals surface area contributed by atoms with Gasteiger partial charge in [0.15, 0.2) is 0 Å². The molecule has 6 nitrogen and oxygen atoms in total. The Labute approximate surface area is 176 Å². The summed E-state index contributed by atoms with van der Waals surface area (Å²) in [6.07, 6.45) is 7.20. The maximum Gasteiger partial charge on any atom is 0.249 e. The van der Waals surface area contributed by atoms with E-state index in [4.69, 9.17) is 0 Å².